The first-order valence-electron chi connectivity index (χ1n) is 11.6. The lowest BCUT2D eigenvalue weighted by Gasteiger charge is -2.34. The molecule has 1 heterocycles. The van der Waals surface area contributed by atoms with Gasteiger partial charge >= 0.3 is 0 Å². The summed E-state index contributed by atoms with van der Waals surface area (Å²) in [6.07, 6.45) is 3.41. The summed E-state index contributed by atoms with van der Waals surface area (Å²) in [6.45, 7) is 8.93. The Labute approximate surface area is 201 Å². The maximum absolute atomic E-state index is 12.9. The van der Waals surface area contributed by atoms with Gasteiger partial charge < -0.3 is 9.88 Å². The minimum Gasteiger partial charge on any atom is -0.352 e. The van der Waals surface area contributed by atoms with E-state index in [0.717, 1.165) is 12.8 Å². The molecular formula is C23H35N5O3S2. The number of aromatic nitrogens is 3. The van der Waals surface area contributed by atoms with Crippen molar-refractivity contribution in [2.24, 2.45) is 18.9 Å². The van der Waals surface area contributed by atoms with Crippen LogP contribution in [0.25, 0.3) is 11.4 Å². The van der Waals surface area contributed by atoms with E-state index in [0.29, 0.717) is 41.5 Å². The number of thioether (sulfide) groups is 1. The van der Waals surface area contributed by atoms with Crippen LogP contribution in [0.4, 0.5) is 0 Å². The number of carbonyl (C=O) groups excluding carboxylic acids is 1. The fourth-order valence-corrected chi connectivity index (χ4v) is 6.59. The number of amides is 1. The quantitative estimate of drug-likeness (QED) is 0.537. The molecule has 1 fully saturated rings. The Bertz CT molecular complexity index is 1070. The van der Waals surface area contributed by atoms with Gasteiger partial charge in [-0.2, -0.15) is 4.31 Å². The fourth-order valence-electron chi connectivity index (χ4n) is 4.36. The van der Waals surface area contributed by atoms with Crippen LogP contribution >= 0.6 is 11.8 Å². The van der Waals surface area contributed by atoms with E-state index in [1.807, 2.05) is 27.0 Å². The predicted molar refractivity (Wildman–Crippen MR) is 131 cm³/mol. The summed E-state index contributed by atoms with van der Waals surface area (Å²) in [5, 5.41) is 12.3. The zero-order valence-corrected chi connectivity index (χ0v) is 21.7. The normalized spacial score (nSPS) is 21.3. The Morgan fingerprint density at radius 3 is 2.64 bits per heavy atom. The second-order valence-corrected chi connectivity index (χ2v) is 11.6. The highest BCUT2D eigenvalue weighted by atomic mass is 32.2. The van der Waals surface area contributed by atoms with Gasteiger partial charge in [-0.05, 0) is 30.4 Å². The minimum atomic E-state index is -3.56. The maximum Gasteiger partial charge on any atom is 0.243 e. The first kappa shape index (κ1) is 25.7. The van der Waals surface area contributed by atoms with Crippen LogP contribution in [0.5, 0.6) is 0 Å². The van der Waals surface area contributed by atoms with Crippen molar-refractivity contribution in [2.45, 2.75) is 63.1 Å². The van der Waals surface area contributed by atoms with Crippen molar-refractivity contribution in [1.29, 1.82) is 0 Å². The molecule has 0 unspecified atom stereocenters. The smallest absolute Gasteiger partial charge is 0.243 e. The number of nitrogens with one attached hydrogen (secondary N) is 1. The number of carbonyl (C=O) groups is 1. The number of benzene rings is 1. The van der Waals surface area contributed by atoms with Gasteiger partial charge in [0.2, 0.25) is 15.9 Å². The fraction of sp³-hybridized carbons (Fsp3) is 0.609. The molecule has 2 aromatic rings. The number of sulfonamides is 1. The zero-order valence-electron chi connectivity index (χ0n) is 20.1. The molecule has 0 aliphatic heterocycles. The molecule has 1 amide bonds. The highest BCUT2D eigenvalue weighted by Crippen LogP contribution is 2.30. The number of hydrogen-bond donors (Lipinski definition) is 1. The molecule has 1 N–H and O–H groups in total. The van der Waals surface area contributed by atoms with E-state index in [2.05, 4.69) is 29.4 Å². The third kappa shape index (κ3) is 5.78. The van der Waals surface area contributed by atoms with Crippen LogP contribution < -0.4 is 5.32 Å². The summed E-state index contributed by atoms with van der Waals surface area (Å²) in [5.74, 6) is 1.93. The Kier molecular flexibility index (Phi) is 8.58. The lowest BCUT2D eigenvalue weighted by Crippen LogP contribution is -2.44. The summed E-state index contributed by atoms with van der Waals surface area (Å²) in [7, 11) is -1.74. The Hall–Kier alpha value is -1.91. The first-order valence-corrected chi connectivity index (χ1v) is 14.0. The summed E-state index contributed by atoms with van der Waals surface area (Å²) >= 11 is 1.33. The molecule has 8 nitrogen and oxygen atoms in total. The lowest BCUT2D eigenvalue weighted by atomic mass is 9.78. The Morgan fingerprint density at radius 2 is 1.94 bits per heavy atom. The molecule has 10 heteroatoms. The van der Waals surface area contributed by atoms with Gasteiger partial charge in [0.1, 0.15) is 0 Å². The third-order valence-corrected chi connectivity index (χ3v) is 9.72. The second kappa shape index (κ2) is 11.0. The van der Waals surface area contributed by atoms with E-state index in [-0.39, 0.29) is 22.6 Å². The van der Waals surface area contributed by atoms with Gasteiger partial charge in [-0.15, -0.1) is 10.2 Å². The van der Waals surface area contributed by atoms with Crippen LogP contribution in [0.15, 0.2) is 34.3 Å². The van der Waals surface area contributed by atoms with Gasteiger partial charge in [-0.25, -0.2) is 8.42 Å². The van der Waals surface area contributed by atoms with Crippen LogP contribution in [0.1, 0.15) is 47.0 Å². The largest absolute Gasteiger partial charge is 0.352 e. The van der Waals surface area contributed by atoms with E-state index in [1.54, 1.807) is 22.8 Å². The average molecular weight is 494 g/mol. The van der Waals surface area contributed by atoms with E-state index >= 15 is 0 Å². The molecular weight excluding hydrogens is 458 g/mol. The van der Waals surface area contributed by atoms with E-state index in [9.17, 15) is 13.2 Å². The summed E-state index contributed by atoms with van der Waals surface area (Å²) in [4.78, 5) is 12.8. The monoisotopic (exact) mass is 493 g/mol. The second-order valence-electron chi connectivity index (χ2n) is 8.71. The molecule has 182 valence electrons. The zero-order chi connectivity index (χ0) is 24.2. The molecule has 1 aliphatic carbocycles. The average Bonchev–Trinajstić information content (AvgIpc) is 3.16. The van der Waals surface area contributed by atoms with Crippen molar-refractivity contribution >= 4 is 27.7 Å². The predicted octanol–water partition coefficient (Wildman–Crippen LogP) is 3.55. The molecule has 1 saturated carbocycles. The van der Waals surface area contributed by atoms with Crippen molar-refractivity contribution < 1.29 is 13.2 Å². The molecule has 0 saturated heterocycles. The van der Waals surface area contributed by atoms with Crippen molar-refractivity contribution in [3.63, 3.8) is 0 Å². The van der Waals surface area contributed by atoms with Crippen molar-refractivity contribution in [3.05, 3.63) is 24.3 Å². The van der Waals surface area contributed by atoms with E-state index in [4.69, 9.17) is 0 Å². The minimum absolute atomic E-state index is 0.00260. The molecule has 0 radical (unpaired) electrons. The molecule has 0 bridgehead atoms. The van der Waals surface area contributed by atoms with Crippen LogP contribution in [0.2, 0.25) is 0 Å². The standard InChI is InChI=1S/C23H35N5O3S2/c1-6-28(7-2)33(30,31)19-12-9-11-18(14-19)22-25-26-23(27(22)5)32-15-21(29)24-20-13-8-10-16(3)17(20)4/h9,11-12,14,16-17,20H,6-8,10,13,15H2,1-5H3,(H,24,29)/t16-,17+,20-/m0/s1. The molecule has 0 spiro atoms. The van der Waals surface area contributed by atoms with Gasteiger partial charge in [-0.3, -0.25) is 4.79 Å². The Balaban J connectivity index is 1.69. The maximum atomic E-state index is 12.9. The molecule has 33 heavy (non-hydrogen) atoms. The van der Waals surface area contributed by atoms with Crippen LogP contribution in [0.3, 0.4) is 0 Å². The number of nitrogens with zero attached hydrogens (tertiary/aromatic N) is 4. The lowest BCUT2D eigenvalue weighted by molar-refractivity contribution is -0.120. The number of hydrogen-bond acceptors (Lipinski definition) is 6. The van der Waals surface area contributed by atoms with Crippen molar-refractivity contribution in [1.82, 2.24) is 24.4 Å². The van der Waals surface area contributed by atoms with Gasteiger partial charge in [0.05, 0.1) is 10.6 Å². The van der Waals surface area contributed by atoms with Gasteiger partial charge in [-0.1, -0.05) is 64.4 Å². The third-order valence-electron chi connectivity index (χ3n) is 6.66. The van der Waals surface area contributed by atoms with E-state index < -0.39 is 10.0 Å². The molecule has 1 aliphatic rings. The molecule has 3 atom stereocenters. The summed E-state index contributed by atoms with van der Waals surface area (Å²) in [6, 6.07) is 6.99. The van der Waals surface area contributed by atoms with Crippen LogP contribution in [-0.4, -0.2) is 58.3 Å². The SMILES string of the molecule is CCN(CC)S(=O)(=O)c1cccc(-c2nnc(SCC(=O)N[C@H]3CCC[C@H](C)[C@H]3C)n2C)c1. The highest BCUT2D eigenvalue weighted by molar-refractivity contribution is 7.99. The Morgan fingerprint density at radius 1 is 1.21 bits per heavy atom. The summed E-state index contributed by atoms with van der Waals surface area (Å²) in [5.41, 5.74) is 0.666. The molecule has 3 rings (SSSR count). The summed E-state index contributed by atoms with van der Waals surface area (Å²) < 4.78 is 29.0. The van der Waals surface area contributed by atoms with Crippen molar-refractivity contribution in [3.8, 4) is 11.4 Å². The van der Waals surface area contributed by atoms with Gasteiger partial charge in [0, 0.05) is 31.7 Å². The topological polar surface area (TPSA) is 97.2 Å². The molecule has 1 aromatic heterocycles. The van der Waals surface area contributed by atoms with E-state index in [1.165, 1.54) is 22.5 Å². The van der Waals surface area contributed by atoms with Crippen LogP contribution in [-0.2, 0) is 21.9 Å². The molecule has 1 aromatic carbocycles. The highest BCUT2D eigenvalue weighted by Gasteiger charge is 2.28. The van der Waals surface area contributed by atoms with Gasteiger partial charge in [0.15, 0.2) is 11.0 Å². The van der Waals surface area contributed by atoms with Crippen molar-refractivity contribution in [2.75, 3.05) is 18.8 Å². The van der Waals surface area contributed by atoms with Gasteiger partial charge in [0.25, 0.3) is 0 Å². The van der Waals surface area contributed by atoms with Crippen LogP contribution in [0, 0.1) is 11.8 Å². The number of rotatable bonds is 9. The first-order chi connectivity index (χ1) is 15.7.